The minimum Gasteiger partial charge on any atom is -0.496 e. The first-order chi connectivity index (χ1) is 13.9. The number of para-hydroxylation sites is 1. The van der Waals surface area contributed by atoms with Gasteiger partial charge in [0.05, 0.1) is 36.4 Å². The van der Waals surface area contributed by atoms with Gasteiger partial charge < -0.3 is 9.47 Å². The summed E-state index contributed by atoms with van der Waals surface area (Å²) < 4.78 is 37.1. The Balaban J connectivity index is 1.85. The largest absolute Gasteiger partial charge is 0.496 e. The molecule has 0 radical (unpaired) electrons. The van der Waals surface area contributed by atoms with Crippen LogP contribution in [-0.4, -0.2) is 57.3 Å². The van der Waals surface area contributed by atoms with Crippen molar-refractivity contribution in [1.82, 2.24) is 4.31 Å². The first-order valence-corrected chi connectivity index (χ1v) is 10.2. The molecule has 0 aliphatic carbocycles. The number of anilines is 1. The number of rotatable bonds is 7. The van der Waals surface area contributed by atoms with E-state index >= 15 is 0 Å². The fraction of sp³-hybridized carbons (Fsp3) is 0.278. The molecule has 0 aromatic heterocycles. The van der Waals surface area contributed by atoms with Crippen LogP contribution in [0, 0.1) is 10.1 Å². The SMILES string of the molecule is COc1ccccc1/C=N/Nc1ccc(S(=O)(=O)N2CCOCC2)cc1[N+](=O)[O-]. The van der Waals surface area contributed by atoms with Crippen LogP contribution in [0.5, 0.6) is 5.75 Å². The number of ether oxygens (including phenoxy) is 2. The van der Waals surface area contributed by atoms with Gasteiger partial charge in [0.2, 0.25) is 10.0 Å². The molecule has 1 heterocycles. The highest BCUT2D eigenvalue weighted by atomic mass is 32.2. The fourth-order valence-corrected chi connectivity index (χ4v) is 4.23. The van der Waals surface area contributed by atoms with Crippen LogP contribution in [0.15, 0.2) is 52.5 Å². The molecule has 2 aromatic rings. The topological polar surface area (TPSA) is 123 Å². The van der Waals surface area contributed by atoms with E-state index < -0.39 is 20.6 Å². The first-order valence-electron chi connectivity index (χ1n) is 8.72. The normalized spacial score (nSPS) is 15.3. The maximum Gasteiger partial charge on any atom is 0.295 e. The Bertz CT molecular complexity index is 1020. The summed E-state index contributed by atoms with van der Waals surface area (Å²) in [6.45, 7) is 0.996. The van der Waals surface area contributed by atoms with Crippen molar-refractivity contribution in [3.63, 3.8) is 0 Å². The number of benzene rings is 2. The molecule has 10 nitrogen and oxygen atoms in total. The van der Waals surface area contributed by atoms with Gasteiger partial charge in [0.25, 0.3) is 5.69 Å². The summed E-state index contributed by atoms with van der Waals surface area (Å²) in [5.74, 6) is 0.597. The molecule has 1 fully saturated rings. The maximum absolute atomic E-state index is 12.7. The van der Waals surface area contributed by atoms with Crippen molar-refractivity contribution < 1.29 is 22.8 Å². The Hall–Kier alpha value is -3.02. The van der Waals surface area contributed by atoms with Gasteiger partial charge in [0, 0.05) is 24.7 Å². The molecule has 29 heavy (non-hydrogen) atoms. The van der Waals surface area contributed by atoms with E-state index in [1.54, 1.807) is 18.2 Å². The Kier molecular flexibility index (Phi) is 6.42. The molecular formula is C18H20N4O6S. The average molecular weight is 420 g/mol. The quantitative estimate of drug-likeness (QED) is 0.413. The molecular weight excluding hydrogens is 400 g/mol. The van der Waals surface area contributed by atoms with Crippen LogP contribution in [0.25, 0.3) is 0 Å². The van der Waals surface area contributed by atoms with Gasteiger partial charge in [-0.25, -0.2) is 8.42 Å². The zero-order chi connectivity index (χ0) is 20.9. The first kappa shape index (κ1) is 20.7. The van der Waals surface area contributed by atoms with Crippen LogP contribution in [0.3, 0.4) is 0 Å². The fourth-order valence-electron chi connectivity index (χ4n) is 2.80. The molecule has 1 saturated heterocycles. The summed E-state index contributed by atoms with van der Waals surface area (Å²) in [5, 5.41) is 15.5. The van der Waals surface area contributed by atoms with Gasteiger partial charge in [-0.1, -0.05) is 12.1 Å². The number of hydrogen-bond donors (Lipinski definition) is 1. The molecule has 11 heteroatoms. The van der Waals surface area contributed by atoms with Gasteiger partial charge in [-0.2, -0.15) is 9.41 Å². The smallest absolute Gasteiger partial charge is 0.295 e. The van der Waals surface area contributed by atoms with E-state index in [-0.39, 0.29) is 23.7 Å². The zero-order valence-electron chi connectivity index (χ0n) is 15.6. The van der Waals surface area contributed by atoms with Crippen LogP contribution < -0.4 is 10.2 Å². The third-order valence-electron chi connectivity index (χ3n) is 4.30. The lowest BCUT2D eigenvalue weighted by Gasteiger charge is -2.26. The number of nitro groups is 1. The van der Waals surface area contributed by atoms with E-state index in [9.17, 15) is 18.5 Å². The molecule has 0 bridgehead atoms. The van der Waals surface area contributed by atoms with E-state index in [4.69, 9.17) is 9.47 Å². The number of hydrazone groups is 1. The van der Waals surface area contributed by atoms with Gasteiger partial charge in [-0.15, -0.1) is 0 Å². The molecule has 2 aromatic carbocycles. The van der Waals surface area contributed by atoms with Crippen LogP contribution in [0.4, 0.5) is 11.4 Å². The Morgan fingerprint density at radius 3 is 2.66 bits per heavy atom. The summed E-state index contributed by atoms with van der Waals surface area (Å²) in [6.07, 6.45) is 1.46. The lowest BCUT2D eigenvalue weighted by molar-refractivity contribution is -0.384. The Morgan fingerprint density at radius 1 is 1.24 bits per heavy atom. The average Bonchev–Trinajstić information content (AvgIpc) is 2.74. The predicted octanol–water partition coefficient (Wildman–Crippen LogP) is 2.07. The molecule has 3 rings (SSSR count). The highest BCUT2D eigenvalue weighted by Crippen LogP contribution is 2.29. The molecule has 1 aliphatic rings. The summed E-state index contributed by atoms with van der Waals surface area (Å²) in [6, 6.07) is 10.8. The third kappa shape index (κ3) is 4.70. The highest BCUT2D eigenvalue weighted by Gasteiger charge is 2.28. The molecule has 1 aliphatic heterocycles. The molecule has 0 amide bonds. The second-order valence-electron chi connectivity index (χ2n) is 6.06. The Morgan fingerprint density at radius 2 is 1.97 bits per heavy atom. The van der Waals surface area contributed by atoms with Crippen molar-refractivity contribution in [2.45, 2.75) is 4.90 Å². The van der Waals surface area contributed by atoms with Gasteiger partial charge in [0.1, 0.15) is 11.4 Å². The van der Waals surface area contributed by atoms with E-state index in [0.717, 1.165) is 6.07 Å². The van der Waals surface area contributed by atoms with Gasteiger partial charge in [-0.3, -0.25) is 15.5 Å². The molecule has 1 N–H and O–H groups in total. The number of nitrogens with one attached hydrogen (secondary N) is 1. The van der Waals surface area contributed by atoms with Crippen molar-refractivity contribution >= 4 is 27.6 Å². The number of sulfonamides is 1. The zero-order valence-corrected chi connectivity index (χ0v) is 16.5. The standard InChI is InChI=1S/C18H20N4O6S/c1-27-18-5-3-2-4-14(18)13-19-20-16-7-6-15(12-17(16)22(23)24)29(25,26)21-8-10-28-11-9-21/h2-7,12-13,20H,8-11H2,1H3/b19-13+. The number of methoxy groups -OCH3 is 1. The summed E-state index contributed by atoms with van der Waals surface area (Å²) in [5.41, 5.74) is 2.95. The highest BCUT2D eigenvalue weighted by molar-refractivity contribution is 7.89. The van der Waals surface area contributed by atoms with E-state index in [0.29, 0.717) is 24.5 Å². The molecule has 0 atom stereocenters. The van der Waals surface area contributed by atoms with E-state index in [2.05, 4.69) is 10.5 Å². The number of morpholine rings is 1. The summed E-state index contributed by atoms with van der Waals surface area (Å²) in [7, 11) is -2.31. The monoisotopic (exact) mass is 420 g/mol. The van der Waals surface area contributed by atoms with Crippen molar-refractivity contribution in [3.8, 4) is 5.75 Å². The minimum absolute atomic E-state index is 0.0714. The van der Waals surface area contributed by atoms with Crippen LogP contribution in [-0.2, 0) is 14.8 Å². The number of nitro benzene ring substituents is 1. The van der Waals surface area contributed by atoms with Crippen molar-refractivity contribution in [3.05, 3.63) is 58.1 Å². The minimum atomic E-state index is -3.84. The lowest BCUT2D eigenvalue weighted by Crippen LogP contribution is -2.40. The number of hydrogen-bond acceptors (Lipinski definition) is 8. The lowest BCUT2D eigenvalue weighted by atomic mass is 10.2. The summed E-state index contributed by atoms with van der Waals surface area (Å²) >= 11 is 0. The van der Waals surface area contributed by atoms with Gasteiger partial charge >= 0.3 is 0 Å². The van der Waals surface area contributed by atoms with Crippen molar-refractivity contribution in [1.29, 1.82) is 0 Å². The number of nitrogens with zero attached hydrogens (tertiary/aromatic N) is 3. The molecule has 0 spiro atoms. The second-order valence-corrected chi connectivity index (χ2v) is 8.00. The van der Waals surface area contributed by atoms with Gasteiger partial charge in [0.15, 0.2) is 0 Å². The van der Waals surface area contributed by atoms with Gasteiger partial charge in [-0.05, 0) is 24.3 Å². The van der Waals surface area contributed by atoms with E-state index in [1.165, 1.54) is 29.8 Å². The molecule has 0 saturated carbocycles. The second kappa shape index (κ2) is 8.99. The van der Waals surface area contributed by atoms with E-state index in [1.807, 2.05) is 6.07 Å². The summed E-state index contributed by atoms with van der Waals surface area (Å²) in [4.78, 5) is 10.7. The van der Waals surface area contributed by atoms with Crippen molar-refractivity contribution in [2.75, 3.05) is 38.8 Å². The maximum atomic E-state index is 12.7. The molecule has 0 unspecified atom stereocenters. The van der Waals surface area contributed by atoms with Crippen LogP contribution in [0.2, 0.25) is 0 Å². The van der Waals surface area contributed by atoms with Crippen LogP contribution in [0.1, 0.15) is 5.56 Å². The predicted molar refractivity (Wildman–Crippen MR) is 107 cm³/mol. The third-order valence-corrected chi connectivity index (χ3v) is 6.20. The molecule has 154 valence electrons. The van der Waals surface area contributed by atoms with Crippen molar-refractivity contribution in [2.24, 2.45) is 5.10 Å². The van der Waals surface area contributed by atoms with Crippen LogP contribution >= 0.6 is 0 Å². The Labute approximate surface area is 167 Å².